The van der Waals surface area contributed by atoms with Crippen LogP contribution in [0.4, 0.5) is 10.1 Å². The van der Waals surface area contributed by atoms with Crippen LogP contribution in [0.25, 0.3) is 0 Å². The number of nitrogens with zero attached hydrogens (tertiary/aromatic N) is 1. The fourth-order valence-corrected chi connectivity index (χ4v) is 2.20. The van der Waals surface area contributed by atoms with Crippen LogP contribution >= 0.6 is 0 Å². The number of amides is 2. The summed E-state index contributed by atoms with van der Waals surface area (Å²) in [5.41, 5.74) is 4.59. The number of hydrogen-bond donors (Lipinski definition) is 2. The Morgan fingerprint density at radius 2 is 1.85 bits per heavy atom. The summed E-state index contributed by atoms with van der Waals surface area (Å²) in [7, 11) is 1.53. The van der Waals surface area contributed by atoms with Gasteiger partial charge in [-0.15, -0.1) is 0 Å². The van der Waals surface area contributed by atoms with E-state index in [0.29, 0.717) is 17.1 Å². The van der Waals surface area contributed by atoms with Gasteiger partial charge in [0, 0.05) is 11.3 Å². The molecule has 0 aromatic heterocycles. The summed E-state index contributed by atoms with van der Waals surface area (Å²) in [6, 6.07) is 10.5. The Labute approximate surface area is 151 Å². The van der Waals surface area contributed by atoms with Gasteiger partial charge in [-0.3, -0.25) is 9.59 Å². The van der Waals surface area contributed by atoms with E-state index in [-0.39, 0.29) is 17.9 Å². The molecule has 136 valence electrons. The van der Waals surface area contributed by atoms with Crippen molar-refractivity contribution in [2.24, 2.45) is 5.10 Å². The second-order valence-corrected chi connectivity index (χ2v) is 5.72. The molecular formula is C19H20FN3O3. The number of ether oxygens (including phenoxy) is 1. The fourth-order valence-electron chi connectivity index (χ4n) is 2.20. The van der Waals surface area contributed by atoms with Crippen molar-refractivity contribution in [2.45, 2.75) is 20.3 Å². The monoisotopic (exact) mass is 357 g/mol. The number of hydrogen-bond acceptors (Lipinski definition) is 4. The summed E-state index contributed by atoms with van der Waals surface area (Å²) >= 11 is 0. The molecule has 0 saturated carbocycles. The maximum atomic E-state index is 12.9. The highest BCUT2D eigenvalue weighted by molar-refractivity contribution is 6.06. The first-order valence-corrected chi connectivity index (χ1v) is 7.92. The number of carbonyl (C=O) groups excluding carboxylic acids is 2. The maximum absolute atomic E-state index is 12.9. The molecule has 0 atom stereocenters. The number of benzene rings is 2. The van der Waals surface area contributed by atoms with Gasteiger partial charge in [-0.05, 0) is 55.8 Å². The van der Waals surface area contributed by atoms with Crippen LogP contribution in [0.3, 0.4) is 0 Å². The largest absolute Gasteiger partial charge is 0.495 e. The number of hydrazone groups is 1. The van der Waals surface area contributed by atoms with E-state index < -0.39 is 11.7 Å². The predicted molar refractivity (Wildman–Crippen MR) is 98.0 cm³/mol. The van der Waals surface area contributed by atoms with Gasteiger partial charge in [0.05, 0.1) is 19.2 Å². The van der Waals surface area contributed by atoms with Gasteiger partial charge < -0.3 is 10.1 Å². The highest BCUT2D eigenvalue weighted by Gasteiger charge is 2.10. The van der Waals surface area contributed by atoms with Gasteiger partial charge in [0.25, 0.3) is 5.91 Å². The van der Waals surface area contributed by atoms with Crippen LogP contribution < -0.4 is 15.5 Å². The molecule has 7 heteroatoms. The number of aryl methyl sites for hydroxylation is 1. The second-order valence-electron chi connectivity index (χ2n) is 5.72. The number of anilines is 1. The standard InChI is InChI=1S/C19H20FN3O3/c1-12-4-9-17(26-3)16(10-12)21-18(24)11-13(2)22-23-19(25)14-5-7-15(20)8-6-14/h4-10H,11H2,1-3H3,(H,21,24)(H,23,25). The maximum Gasteiger partial charge on any atom is 0.271 e. The van der Waals surface area contributed by atoms with Crippen molar-refractivity contribution in [1.29, 1.82) is 0 Å². The molecule has 26 heavy (non-hydrogen) atoms. The SMILES string of the molecule is COc1ccc(C)cc1NC(=O)CC(C)=NNC(=O)c1ccc(F)cc1. The lowest BCUT2D eigenvalue weighted by atomic mass is 10.2. The highest BCUT2D eigenvalue weighted by Crippen LogP contribution is 2.25. The molecule has 2 aromatic carbocycles. The van der Waals surface area contributed by atoms with Crippen molar-refractivity contribution in [3.05, 3.63) is 59.4 Å². The third-order valence-electron chi connectivity index (χ3n) is 3.50. The van der Waals surface area contributed by atoms with E-state index in [1.165, 1.54) is 31.4 Å². The van der Waals surface area contributed by atoms with E-state index in [2.05, 4.69) is 15.8 Å². The zero-order valence-corrected chi connectivity index (χ0v) is 14.8. The Bertz CT molecular complexity index is 832. The molecule has 0 fully saturated rings. The van der Waals surface area contributed by atoms with Crippen LogP contribution in [-0.4, -0.2) is 24.6 Å². The molecular weight excluding hydrogens is 337 g/mol. The van der Waals surface area contributed by atoms with Crippen LogP contribution in [-0.2, 0) is 4.79 Å². The zero-order valence-electron chi connectivity index (χ0n) is 14.8. The Morgan fingerprint density at radius 1 is 1.15 bits per heavy atom. The summed E-state index contributed by atoms with van der Waals surface area (Å²) in [5.74, 6) is -0.635. The van der Waals surface area contributed by atoms with E-state index in [0.717, 1.165) is 5.56 Å². The molecule has 2 aromatic rings. The third kappa shape index (κ3) is 5.41. The van der Waals surface area contributed by atoms with Crippen molar-refractivity contribution < 1.29 is 18.7 Å². The van der Waals surface area contributed by atoms with Crippen molar-refractivity contribution >= 4 is 23.2 Å². The first-order valence-electron chi connectivity index (χ1n) is 7.92. The normalized spacial score (nSPS) is 11.0. The van der Waals surface area contributed by atoms with Gasteiger partial charge in [0.15, 0.2) is 0 Å². The van der Waals surface area contributed by atoms with Crippen LogP contribution in [0, 0.1) is 12.7 Å². The predicted octanol–water partition coefficient (Wildman–Crippen LogP) is 3.28. The van der Waals surface area contributed by atoms with Gasteiger partial charge >= 0.3 is 0 Å². The molecule has 0 spiro atoms. The molecule has 6 nitrogen and oxygen atoms in total. The average molecular weight is 357 g/mol. The molecule has 2 N–H and O–H groups in total. The number of methoxy groups -OCH3 is 1. The summed E-state index contributed by atoms with van der Waals surface area (Å²) < 4.78 is 18.1. The summed E-state index contributed by atoms with van der Waals surface area (Å²) in [6.07, 6.45) is 0.000788. The minimum atomic E-state index is -0.481. The Morgan fingerprint density at radius 3 is 2.50 bits per heavy atom. The third-order valence-corrected chi connectivity index (χ3v) is 3.50. The number of halogens is 1. The smallest absolute Gasteiger partial charge is 0.271 e. The van der Waals surface area contributed by atoms with E-state index in [4.69, 9.17) is 4.74 Å². The molecule has 0 aliphatic carbocycles. The minimum Gasteiger partial charge on any atom is -0.495 e. The average Bonchev–Trinajstić information content (AvgIpc) is 2.60. The summed E-state index contributed by atoms with van der Waals surface area (Å²) in [5, 5.41) is 6.66. The van der Waals surface area contributed by atoms with E-state index >= 15 is 0 Å². The molecule has 0 radical (unpaired) electrons. The van der Waals surface area contributed by atoms with E-state index in [1.54, 1.807) is 19.1 Å². The summed E-state index contributed by atoms with van der Waals surface area (Å²) in [6.45, 7) is 3.53. The molecule has 2 amide bonds. The van der Waals surface area contributed by atoms with Crippen molar-refractivity contribution in [3.8, 4) is 5.75 Å². The first kappa shape index (κ1) is 19.1. The second kappa shape index (κ2) is 8.75. The Balaban J connectivity index is 1.94. The molecule has 0 aliphatic rings. The number of rotatable bonds is 6. The van der Waals surface area contributed by atoms with E-state index in [9.17, 15) is 14.0 Å². The molecule has 0 unspecified atom stereocenters. The van der Waals surface area contributed by atoms with Crippen molar-refractivity contribution in [1.82, 2.24) is 5.43 Å². The first-order chi connectivity index (χ1) is 12.4. The minimum absolute atomic E-state index is 0.000788. The molecule has 0 bridgehead atoms. The lowest BCUT2D eigenvalue weighted by Crippen LogP contribution is -2.21. The van der Waals surface area contributed by atoms with Gasteiger partial charge in [-0.1, -0.05) is 6.07 Å². The summed E-state index contributed by atoms with van der Waals surface area (Å²) in [4.78, 5) is 24.1. The molecule has 0 saturated heterocycles. The zero-order chi connectivity index (χ0) is 19.1. The van der Waals surface area contributed by atoms with Crippen LogP contribution in [0.2, 0.25) is 0 Å². The lowest BCUT2D eigenvalue weighted by Gasteiger charge is -2.11. The van der Waals surface area contributed by atoms with Gasteiger partial charge in [-0.25, -0.2) is 9.82 Å². The van der Waals surface area contributed by atoms with Crippen molar-refractivity contribution in [3.63, 3.8) is 0 Å². The number of nitrogens with one attached hydrogen (secondary N) is 2. The van der Waals surface area contributed by atoms with Crippen LogP contribution in [0.15, 0.2) is 47.6 Å². The lowest BCUT2D eigenvalue weighted by molar-refractivity contribution is -0.115. The fraction of sp³-hybridized carbons (Fsp3) is 0.211. The highest BCUT2D eigenvalue weighted by atomic mass is 19.1. The number of carbonyl (C=O) groups is 2. The van der Waals surface area contributed by atoms with Crippen molar-refractivity contribution in [2.75, 3.05) is 12.4 Å². The molecule has 0 aliphatic heterocycles. The van der Waals surface area contributed by atoms with Gasteiger partial charge in [0.2, 0.25) is 5.91 Å². The molecule has 0 heterocycles. The van der Waals surface area contributed by atoms with Crippen LogP contribution in [0.5, 0.6) is 5.75 Å². The van der Waals surface area contributed by atoms with Crippen LogP contribution in [0.1, 0.15) is 29.3 Å². The Kier molecular flexibility index (Phi) is 6.43. The van der Waals surface area contributed by atoms with E-state index in [1.807, 2.05) is 13.0 Å². The molecule has 2 rings (SSSR count). The quantitative estimate of drug-likeness (QED) is 0.615. The van der Waals surface area contributed by atoms with Gasteiger partial charge in [0.1, 0.15) is 11.6 Å². The Hall–Kier alpha value is -3.22. The van der Waals surface area contributed by atoms with Gasteiger partial charge in [-0.2, -0.15) is 5.10 Å². The topological polar surface area (TPSA) is 79.8 Å².